The van der Waals surface area contributed by atoms with Gasteiger partial charge in [0.15, 0.2) is 0 Å². The van der Waals surface area contributed by atoms with Crippen LogP contribution in [0.25, 0.3) is 0 Å². The summed E-state index contributed by atoms with van der Waals surface area (Å²) in [5, 5.41) is 0. The van der Waals surface area contributed by atoms with Gasteiger partial charge in [-0.1, -0.05) is 30.3 Å². The quantitative estimate of drug-likeness (QED) is 0.828. The van der Waals surface area contributed by atoms with E-state index in [-0.39, 0.29) is 11.7 Å². The summed E-state index contributed by atoms with van der Waals surface area (Å²) in [6.07, 6.45) is 1.60. The zero-order chi connectivity index (χ0) is 14.5. The van der Waals surface area contributed by atoms with Gasteiger partial charge in [-0.25, -0.2) is 8.42 Å². The van der Waals surface area contributed by atoms with Crippen molar-refractivity contribution in [3.63, 3.8) is 0 Å². The van der Waals surface area contributed by atoms with E-state index in [0.29, 0.717) is 13.0 Å². The van der Waals surface area contributed by atoms with Crippen LogP contribution in [0.4, 0.5) is 0 Å². The minimum atomic E-state index is -2.99. The maximum Gasteiger partial charge on any atom is 0.243 e. The van der Waals surface area contributed by atoms with Gasteiger partial charge in [0.25, 0.3) is 0 Å². The Balaban J connectivity index is 2.53. The van der Waals surface area contributed by atoms with Gasteiger partial charge in [0.1, 0.15) is 15.9 Å². The highest BCUT2D eigenvalue weighted by atomic mass is 32.2. The average molecular weight is 284 g/mol. The van der Waals surface area contributed by atoms with E-state index in [1.807, 2.05) is 18.2 Å². The molecule has 0 radical (unpaired) electrons. The van der Waals surface area contributed by atoms with Crippen LogP contribution in [0.15, 0.2) is 30.3 Å². The molecular weight excluding hydrogens is 264 g/mol. The number of carbonyl (C=O) groups excluding carboxylic acids is 1. The van der Waals surface area contributed by atoms with Crippen LogP contribution in [0.2, 0.25) is 0 Å². The summed E-state index contributed by atoms with van der Waals surface area (Å²) < 4.78 is 22.0. The Morgan fingerprint density at radius 1 is 1.32 bits per heavy atom. The first-order valence-electron chi connectivity index (χ1n) is 6.04. The molecular formula is C13H20N2O3S. The van der Waals surface area contributed by atoms with Crippen molar-refractivity contribution in [2.75, 3.05) is 25.6 Å². The van der Waals surface area contributed by atoms with Crippen molar-refractivity contribution < 1.29 is 13.2 Å². The standard InChI is InChI=1S/C13H20N2O3S/c1-15(9-6-10-19(2,17)18)13(16)12(14)11-7-4-3-5-8-11/h3-5,7-8,12H,6,9-10,14H2,1-2H3/t12-/m1/s1. The van der Waals surface area contributed by atoms with Crippen molar-refractivity contribution in [1.82, 2.24) is 4.90 Å². The van der Waals surface area contributed by atoms with E-state index in [1.165, 1.54) is 11.2 Å². The molecule has 1 amide bonds. The van der Waals surface area contributed by atoms with Crippen LogP contribution in [0.3, 0.4) is 0 Å². The number of benzene rings is 1. The van der Waals surface area contributed by atoms with E-state index in [0.717, 1.165) is 5.56 Å². The molecule has 0 fully saturated rings. The number of nitrogens with zero attached hydrogens (tertiary/aromatic N) is 1. The Kier molecular flexibility index (Phi) is 5.50. The van der Waals surface area contributed by atoms with Crippen LogP contribution in [-0.4, -0.2) is 44.8 Å². The molecule has 1 aromatic carbocycles. The monoisotopic (exact) mass is 284 g/mol. The molecule has 0 heterocycles. The predicted molar refractivity (Wildman–Crippen MR) is 75.3 cm³/mol. The molecule has 1 rings (SSSR count). The fourth-order valence-corrected chi connectivity index (χ4v) is 2.37. The third-order valence-electron chi connectivity index (χ3n) is 2.81. The van der Waals surface area contributed by atoms with Crippen LogP contribution >= 0.6 is 0 Å². The lowest BCUT2D eigenvalue weighted by molar-refractivity contribution is -0.131. The van der Waals surface area contributed by atoms with Gasteiger partial charge in [-0.2, -0.15) is 0 Å². The third kappa shape index (κ3) is 5.40. The van der Waals surface area contributed by atoms with Gasteiger partial charge in [-0.05, 0) is 12.0 Å². The molecule has 106 valence electrons. The second-order valence-corrected chi connectivity index (χ2v) is 6.89. The summed E-state index contributed by atoms with van der Waals surface area (Å²) in [5.74, 6) is -0.134. The summed E-state index contributed by atoms with van der Waals surface area (Å²) in [5.41, 5.74) is 6.64. The zero-order valence-corrected chi connectivity index (χ0v) is 12.1. The molecule has 1 aromatic rings. The summed E-state index contributed by atoms with van der Waals surface area (Å²) in [6.45, 7) is 0.381. The van der Waals surface area contributed by atoms with Crippen molar-refractivity contribution in [2.45, 2.75) is 12.5 Å². The molecule has 5 nitrogen and oxygen atoms in total. The molecule has 0 aliphatic heterocycles. The molecule has 0 aliphatic carbocycles. The molecule has 0 spiro atoms. The predicted octanol–water partition coefficient (Wildman–Crippen LogP) is 0.580. The Morgan fingerprint density at radius 2 is 1.89 bits per heavy atom. The molecule has 0 saturated heterocycles. The second-order valence-electron chi connectivity index (χ2n) is 4.63. The molecule has 0 aromatic heterocycles. The maximum absolute atomic E-state index is 12.1. The fourth-order valence-electron chi connectivity index (χ4n) is 1.71. The Bertz CT molecular complexity index is 514. The lowest BCUT2D eigenvalue weighted by atomic mass is 10.1. The first-order valence-corrected chi connectivity index (χ1v) is 8.10. The van der Waals surface area contributed by atoms with Crippen LogP contribution in [-0.2, 0) is 14.6 Å². The van der Waals surface area contributed by atoms with Crippen molar-refractivity contribution in [3.05, 3.63) is 35.9 Å². The van der Waals surface area contributed by atoms with E-state index in [1.54, 1.807) is 19.2 Å². The lowest BCUT2D eigenvalue weighted by Crippen LogP contribution is -2.36. The molecule has 0 aliphatic rings. The number of nitrogens with two attached hydrogens (primary N) is 1. The van der Waals surface area contributed by atoms with Crippen molar-refractivity contribution in [2.24, 2.45) is 5.73 Å². The normalized spacial score (nSPS) is 13.0. The molecule has 0 unspecified atom stereocenters. The molecule has 0 saturated carbocycles. The summed E-state index contributed by atoms with van der Waals surface area (Å²) >= 11 is 0. The maximum atomic E-state index is 12.1. The minimum Gasteiger partial charge on any atom is -0.344 e. The van der Waals surface area contributed by atoms with E-state index < -0.39 is 15.9 Å². The van der Waals surface area contributed by atoms with Crippen molar-refractivity contribution >= 4 is 15.7 Å². The van der Waals surface area contributed by atoms with Gasteiger partial charge in [0.2, 0.25) is 5.91 Å². The number of amides is 1. The smallest absolute Gasteiger partial charge is 0.243 e. The Labute approximate surface area is 114 Å². The third-order valence-corrected chi connectivity index (χ3v) is 3.84. The van der Waals surface area contributed by atoms with Gasteiger partial charge in [-0.3, -0.25) is 4.79 Å². The number of hydrogen-bond acceptors (Lipinski definition) is 4. The molecule has 19 heavy (non-hydrogen) atoms. The van der Waals surface area contributed by atoms with Gasteiger partial charge < -0.3 is 10.6 Å². The first-order chi connectivity index (χ1) is 8.81. The lowest BCUT2D eigenvalue weighted by Gasteiger charge is -2.21. The molecule has 2 N–H and O–H groups in total. The fraction of sp³-hybridized carbons (Fsp3) is 0.462. The van der Waals surface area contributed by atoms with Crippen LogP contribution < -0.4 is 5.73 Å². The second kappa shape index (κ2) is 6.68. The molecule has 6 heteroatoms. The average Bonchev–Trinajstić information content (AvgIpc) is 2.36. The summed E-state index contributed by atoms with van der Waals surface area (Å²) in [7, 11) is -1.35. The SMILES string of the molecule is CN(CCCS(C)(=O)=O)C(=O)[C@H](N)c1ccccc1. The number of sulfone groups is 1. The van der Waals surface area contributed by atoms with Gasteiger partial charge >= 0.3 is 0 Å². The zero-order valence-electron chi connectivity index (χ0n) is 11.2. The van der Waals surface area contributed by atoms with Gasteiger partial charge in [0, 0.05) is 19.8 Å². The largest absolute Gasteiger partial charge is 0.344 e. The highest BCUT2D eigenvalue weighted by molar-refractivity contribution is 7.90. The number of carbonyl (C=O) groups is 1. The van der Waals surface area contributed by atoms with Gasteiger partial charge in [0.05, 0.1) is 5.75 Å². The van der Waals surface area contributed by atoms with Crippen LogP contribution in [0.5, 0.6) is 0 Å². The number of rotatable bonds is 6. The van der Waals surface area contributed by atoms with E-state index in [4.69, 9.17) is 5.73 Å². The highest BCUT2D eigenvalue weighted by Crippen LogP contribution is 2.12. The van der Waals surface area contributed by atoms with Crippen LogP contribution in [0.1, 0.15) is 18.0 Å². The van der Waals surface area contributed by atoms with E-state index >= 15 is 0 Å². The van der Waals surface area contributed by atoms with Crippen molar-refractivity contribution in [1.29, 1.82) is 0 Å². The topological polar surface area (TPSA) is 80.5 Å². The van der Waals surface area contributed by atoms with E-state index in [2.05, 4.69) is 0 Å². The molecule has 1 atom stereocenters. The Morgan fingerprint density at radius 3 is 2.42 bits per heavy atom. The molecule has 0 bridgehead atoms. The Hall–Kier alpha value is -1.40. The summed E-state index contributed by atoms with van der Waals surface area (Å²) in [6, 6.07) is 8.40. The van der Waals surface area contributed by atoms with E-state index in [9.17, 15) is 13.2 Å². The number of likely N-dealkylation sites (N-methyl/N-ethyl adjacent to an activating group) is 1. The number of hydrogen-bond donors (Lipinski definition) is 1. The van der Waals surface area contributed by atoms with Crippen molar-refractivity contribution in [3.8, 4) is 0 Å². The van der Waals surface area contributed by atoms with Crippen LogP contribution in [0, 0.1) is 0 Å². The highest BCUT2D eigenvalue weighted by Gasteiger charge is 2.19. The first kappa shape index (κ1) is 15.7. The summed E-state index contributed by atoms with van der Waals surface area (Å²) in [4.78, 5) is 13.5. The minimum absolute atomic E-state index is 0.0746. The van der Waals surface area contributed by atoms with Gasteiger partial charge in [-0.15, -0.1) is 0 Å².